The SMILES string of the molecule is C[C@@H]1CCCC[C@H]1CN(C)CCCS(C)(=O)=O. The van der Waals surface area contributed by atoms with E-state index in [4.69, 9.17) is 0 Å². The number of nitrogens with zero attached hydrogens (tertiary/aromatic N) is 1. The van der Waals surface area contributed by atoms with Gasteiger partial charge in [0, 0.05) is 12.8 Å². The fourth-order valence-electron chi connectivity index (χ4n) is 2.75. The third-order valence-electron chi connectivity index (χ3n) is 3.89. The molecule has 0 spiro atoms. The van der Waals surface area contributed by atoms with Crippen molar-refractivity contribution in [3.8, 4) is 0 Å². The summed E-state index contributed by atoms with van der Waals surface area (Å²) in [5, 5.41) is 0. The van der Waals surface area contributed by atoms with Gasteiger partial charge in [-0.1, -0.05) is 26.2 Å². The summed E-state index contributed by atoms with van der Waals surface area (Å²) in [5.74, 6) is 1.96. The zero-order chi connectivity index (χ0) is 12.9. The molecule has 4 heteroatoms. The van der Waals surface area contributed by atoms with Gasteiger partial charge in [-0.2, -0.15) is 0 Å². The van der Waals surface area contributed by atoms with Crippen molar-refractivity contribution in [2.75, 3.05) is 32.1 Å². The second-order valence-electron chi connectivity index (χ2n) is 5.77. The van der Waals surface area contributed by atoms with E-state index in [2.05, 4.69) is 18.9 Å². The molecule has 0 N–H and O–H groups in total. The molecule has 0 aliphatic heterocycles. The molecule has 0 saturated heterocycles. The Balaban J connectivity index is 2.22. The molecule has 0 aromatic heterocycles. The van der Waals surface area contributed by atoms with Crippen LogP contribution in [0.1, 0.15) is 39.0 Å². The first-order chi connectivity index (χ1) is 7.88. The van der Waals surface area contributed by atoms with Gasteiger partial charge >= 0.3 is 0 Å². The van der Waals surface area contributed by atoms with E-state index in [1.54, 1.807) is 0 Å². The maximum atomic E-state index is 11.0. The van der Waals surface area contributed by atoms with E-state index in [9.17, 15) is 8.42 Å². The van der Waals surface area contributed by atoms with Gasteiger partial charge in [0.15, 0.2) is 0 Å². The lowest BCUT2D eigenvalue weighted by atomic mass is 9.80. The quantitative estimate of drug-likeness (QED) is 0.735. The van der Waals surface area contributed by atoms with Gasteiger partial charge in [0.2, 0.25) is 0 Å². The Kier molecular flexibility index (Phi) is 5.93. The smallest absolute Gasteiger partial charge is 0.147 e. The predicted octanol–water partition coefficient (Wildman–Crippen LogP) is 2.18. The van der Waals surface area contributed by atoms with Gasteiger partial charge in [0.05, 0.1) is 5.75 Å². The lowest BCUT2D eigenvalue weighted by molar-refractivity contribution is 0.181. The van der Waals surface area contributed by atoms with Crippen molar-refractivity contribution in [2.45, 2.75) is 39.0 Å². The standard InChI is InChI=1S/C13H27NO2S/c1-12-7-4-5-8-13(12)11-14(2)9-6-10-17(3,15)16/h12-13H,4-11H2,1-3H3/t12-,13+/m1/s1. The van der Waals surface area contributed by atoms with Crippen LogP contribution in [0.25, 0.3) is 0 Å². The largest absolute Gasteiger partial charge is 0.306 e. The van der Waals surface area contributed by atoms with Crippen LogP contribution in [0.3, 0.4) is 0 Å². The molecule has 0 unspecified atom stereocenters. The highest BCUT2D eigenvalue weighted by molar-refractivity contribution is 7.90. The Bertz CT molecular complexity index is 313. The molecule has 0 aromatic rings. The van der Waals surface area contributed by atoms with Crippen LogP contribution in [-0.4, -0.2) is 45.5 Å². The summed E-state index contributed by atoms with van der Waals surface area (Å²) in [6, 6.07) is 0. The first kappa shape index (κ1) is 15.0. The normalized spacial score (nSPS) is 26.4. The maximum Gasteiger partial charge on any atom is 0.147 e. The monoisotopic (exact) mass is 261 g/mol. The zero-order valence-corrected chi connectivity index (χ0v) is 12.3. The topological polar surface area (TPSA) is 37.4 Å². The molecule has 0 amide bonds. The van der Waals surface area contributed by atoms with Crippen LogP contribution in [0.4, 0.5) is 0 Å². The van der Waals surface area contributed by atoms with E-state index in [0.717, 1.165) is 31.3 Å². The van der Waals surface area contributed by atoms with Crippen LogP contribution < -0.4 is 0 Å². The predicted molar refractivity (Wildman–Crippen MR) is 72.9 cm³/mol. The Labute approximate surface area is 106 Å². The second-order valence-corrected chi connectivity index (χ2v) is 8.03. The van der Waals surface area contributed by atoms with Crippen molar-refractivity contribution in [1.82, 2.24) is 4.90 Å². The summed E-state index contributed by atoms with van der Waals surface area (Å²) >= 11 is 0. The molecule has 102 valence electrons. The van der Waals surface area contributed by atoms with Crippen LogP contribution in [0.15, 0.2) is 0 Å². The Hall–Kier alpha value is -0.0900. The highest BCUT2D eigenvalue weighted by Gasteiger charge is 2.22. The maximum absolute atomic E-state index is 11.0. The minimum atomic E-state index is -2.79. The van der Waals surface area contributed by atoms with E-state index in [1.807, 2.05) is 0 Å². The molecular weight excluding hydrogens is 234 g/mol. The molecule has 1 rings (SSSR count). The molecule has 0 bridgehead atoms. The summed E-state index contributed by atoms with van der Waals surface area (Å²) in [5.41, 5.74) is 0. The average Bonchev–Trinajstić information content (AvgIpc) is 2.19. The van der Waals surface area contributed by atoms with Crippen LogP contribution >= 0.6 is 0 Å². The van der Waals surface area contributed by atoms with Crippen LogP contribution in [0, 0.1) is 11.8 Å². The lowest BCUT2D eigenvalue weighted by Crippen LogP contribution is -2.32. The van der Waals surface area contributed by atoms with Gasteiger partial charge in [0.25, 0.3) is 0 Å². The first-order valence-electron chi connectivity index (χ1n) is 6.75. The molecule has 0 aromatic carbocycles. The van der Waals surface area contributed by atoms with E-state index >= 15 is 0 Å². The molecule has 1 aliphatic rings. The van der Waals surface area contributed by atoms with E-state index in [0.29, 0.717) is 5.75 Å². The van der Waals surface area contributed by atoms with Crippen molar-refractivity contribution < 1.29 is 8.42 Å². The van der Waals surface area contributed by atoms with Crippen molar-refractivity contribution in [3.05, 3.63) is 0 Å². The molecular formula is C13H27NO2S. The molecule has 3 nitrogen and oxygen atoms in total. The van der Waals surface area contributed by atoms with Crippen LogP contribution in [0.5, 0.6) is 0 Å². The lowest BCUT2D eigenvalue weighted by Gasteiger charge is -2.32. The fourth-order valence-corrected chi connectivity index (χ4v) is 3.41. The van der Waals surface area contributed by atoms with Gasteiger partial charge in [-0.25, -0.2) is 8.42 Å². The highest BCUT2D eigenvalue weighted by atomic mass is 32.2. The second kappa shape index (κ2) is 6.74. The summed E-state index contributed by atoms with van der Waals surface area (Å²) in [4.78, 5) is 2.30. The van der Waals surface area contributed by atoms with Gasteiger partial charge in [-0.05, 0) is 38.3 Å². The van der Waals surface area contributed by atoms with Gasteiger partial charge in [-0.3, -0.25) is 0 Å². The third kappa shape index (κ3) is 6.41. The van der Waals surface area contributed by atoms with Crippen molar-refractivity contribution in [1.29, 1.82) is 0 Å². The third-order valence-corrected chi connectivity index (χ3v) is 4.92. The zero-order valence-electron chi connectivity index (χ0n) is 11.5. The van der Waals surface area contributed by atoms with Crippen molar-refractivity contribution in [3.63, 3.8) is 0 Å². The molecule has 0 heterocycles. The average molecular weight is 261 g/mol. The van der Waals surface area contributed by atoms with Crippen LogP contribution in [0.2, 0.25) is 0 Å². The van der Waals surface area contributed by atoms with Crippen LogP contribution in [-0.2, 0) is 9.84 Å². The van der Waals surface area contributed by atoms with E-state index < -0.39 is 9.84 Å². The highest BCUT2D eigenvalue weighted by Crippen LogP contribution is 2.29. The number of hydrogen-bond donors (Lipinski definition) is 0. The van der Waals surface area contributed by atoms with Gasteiger partial charge < -0.3 is 4.90 Å². The molecule has 1 aliphatic carbocycles. The van der Waals surface area contributed by atoms with Crippen molar-refractivity contribution >= 4 is 9.84 Å². The number of rotatable bonds is 6. The fraction of sp³-hybridized carbons (Fsp3) is 1.00. The minimum Gasteiger partial charge on any atom is -0.306 e. The molecule has 17 heavy (non-hydrogen) atoms. The summed E-state index contributed by atoms with van der Waals surface area (Å²) in [6.45, 7) is 4.38. The summed E-state index contributed by atoms with van der Waals surface area (Å²) in [7, 11) is -0.676. The number of sulfone groups is 1. The van der Waals surface area contributed by atoms with E-state index in [1.165, 1.54) is 31.9 Å². The summed E-state index contributed by atoms with van der Waals surface area (Å²) < 4.78 is 22.1. The van der Waals surface area contributed by atoms with Gasteiger partial charge in [0.1, 0.15) is 9.84 Å². The van der Waals surface area contributed by atoms with Gasteiger partial charge in [-0.15, -0.1) is 0 Å². The molecule has 2 atom stereocenters. The Morgan fingerprint density at radius 2 is 1.88 bits per heavy atom. The molecule has 0 radical (unpaired) electrons. The number of hydrogen-bond acceptors (Lipinski definition) is 3. The minimum absolute atomic E-state index is 0.317. The van der Waals surface area contributed by atoms with E-state index in [-0.39, 0.29) is 0 Å². The Morgan fingerprint density at radius 1 is 1.24 bits per heavy atom. The molecule has 1 saturated carbocycles. The first-order valence-corrected chi connectivity index (χ1v) is 8.81. The summed E-state index contributed by atoms with van der Waals surface area (Å²) in [6.07, 6.45) is 7.54. The Morgan fingerprint density at radius 3 is 2.47 bits per heavy atom. The van der Waals surface area contributed by atoms with Crippen molar-refractivity contribution in [2.24, 2.45) is 11.8 Å². The molecule has 1 fully saturated rings.